The molecular weight excluding hydrogens is 302 g/mol. The number of carbonyl (C=O) groups excluding carboxylic acids is 1. The summed E-state index contributed by atoms with van der Waals surface area (Å²) in [5.74, 6) is 1.59. The van der Waals surface area contributed by atoms with Crippen molar-refractivity contribution in [2.45, 2.75) is 25.3 Å². The van der Waals surface area contributed by atoms with Gasteiger partial charge in [0.25, 0.3) is 0 Å². The van der Waals surface area contributed by atoms with Crippen molar-refractivity contribution >= 4 is 5.91 Å². The molecule has 0 aromatic heterocycles. The van der Waals surface area contributed by atoms with E-state index in [4.69, 9.17) is 9.47 Å². The highest BCUT2D eigenvalue weighted by Crippen LogP contribution is 2.37. The van der Waals surface area contributed by atoms with Crippen LogP contribution in [0.4, 0.5) is 0 Å². The summed E-state index contributed by atoms with van der Waals surface area (Å²) in [6.45, 7) is 0.810. The van der Waals surface area contributed by atoms with Crippen LogP contribution in [0.25, 0.3) is 0 Å². The average Bonchev–Trinajstić information content (AvgIpc) is 3.12. The number of hydrogen-bond donors (Lipinski definition) is 0. The molecule has 1 aliphatic heterocycles. The lowest BCUT2D eigenvalue weighted by Crippen LogP contribution is -2.31. The first-order chi connectivity index (χ1) is 11.7. The lowest BCUT2D eigenvalue weighted by molar-refractivity contribution is -0.131. The van der Waals surface area contributed by atoms with E-state index in [0.29, 0.717) is 17.9 Å². The Bertz CT molecular complexity index is 699. The van der Waals surface area contributed by atoms with Crippen molar-refractivity contribution in [1.29, 1.82) is 0 Å². The van der Waals surface area contributed by atoms with Crippen molar-refractivity contribution in [3.63, 3.8) is 0 Å². The predicted octanol–water partition coefficient (Wildman–Crippen LogP) is 3.61. The van der Waals surface area contributed by atoms with E-state index < -0.39 is 0 Å². The Morgan fingerprint density at radius 2 is 1.83 bits per heavy atom. The van der Waals surface area contributed by atoms with Crippen LogP contribution in [0.5, 0.6) is 11.5 Å². The number of hydrogen-bond acceptors (Lipinski definition) is 3. The van der Waals surface area contributed by atoms with E-state index in [1.165, 1.54) is 0 Å². The summed E-state index contributed by atoms with van der Waals surface area (Å²) in [5.41, 5.74) is 2.16. The molecule has 4 heteroatoms. The third kappa shape index (κ3) is 3.37. The molecule has 2 aromatic carbocycles. The Balaban J connectivity index is 1.79. The molecular formula is C20H23NO3. The van der Waals surface area contributed by atoms with Crippen molar-refractivity contribution in [3.05, 3.63) is 59.7 Å². The Morgan fingerprint density at radius 3 is 2.54 bits per heavy atom. The van der Waals surface area contributed by atoms with Crippen LogP contribution < -0.4 is 9.47 Å². The van der Waals surface area contributed by atoms with E-state index in [0.717, 1.165) is 30.5 Å². The third-order valence-corrected chi connectivity index (χ3v) is 4.56. The van der Waals surface area contributed by atoms with E-state index in [1.807, 2.05) is 53.4 Å². The van der Waals surface area contributed by atoms with Crippen molar-refractivity contribution in [1.82, 2.24) is 4.90 Å². The van der Waals surface area contributed by atoms with Crippen molar-refractivity contribution in [3.8, 4) is 11.5 Å². The van der Waals surface area contributed by atoms with Gasteiger partial charge in [0.15, 0.2) is 11.5 Å². The van der Waals surface area contributed by atoms with E-state index in [1.54, 1.807) is 14.2 Å². The van der Waals surface area contributed by atoms with Crippen LogP contribution in [-0.2, 0) is 11.2 Å². The third-order valence-electron chi connectivity index (χ3n) is 4.56. The minimum absolute atomic E-state index is 0.112. The summed E-state index contributed by atoms with van der Waals surface area (Å²) in [6.07, 6.45) is 2.46. The fraction of sp³-hybridized carbons (Fsp3) is 0.350. The van der Waals surface area contributed by atoms with E-state index in [2.05, 4.69) is 0 Å². The monoisotopic (exact) mass is 325 g/mol. The molecule has 0 spiro atoms. The second kappa shape index (κ2) is 7.39. The minimum atomic E-state index is 0.112. The first-order valence-electron chi connectivity index (χ1n) is 8.28. The largest absolute Gasteiger partial charge is 0.493 e. The molecule has 0 aliphatic carbocycles. The molecule has 2 aromatic rings. The molecule has 1 saturated heterocycles. The summed E-state index contributed by atoms with van der Waals surface area (Å²) >= 11 is 0. The minimum Gasteiger partial charge on any atom is -0.493 e. The second-order valence-electron chi connectivity index (χ2n) is 6.02. The number of likely N-dealkylation sites (tertiary alicyclic amines) is 1. The molecule has 4 nitrogen and oxygen atoms in total. The molecule has 1 aliphatic rings. The van der Waals surface area contributed by atoms with Gasteiger partial charge in [-0.3, -0.25) is 4.79 Å². The summed E-state index contributed by atoms with van der Waals surface area (Å²) in [7, 11) is 3.26. The molecule has 1 fully saturated rings. The number of amides is 1. The van der Waals surface area contributed by atoms with Gasteiger partial charge in [-0.2, -0.15) is 0 Å². The molecule has 1 atom stereocenters. The summed E-state index contributed by atoms with van der Waals surface area (Å²) in [4.78, 5) is 14.7. The highest BCUT2D eigenvalue weighted by atomic mass is 16.5. The maximum absolute atomic E-state index is 12.7. The smallest absolute Gasteiger partial charge is 0.227 e. The highest BCUT2D eigenvalue weighted by molar-refractivity contribution is 5.79. The standard InChI is InChI=1S/C20H23NO3/c1-23-18-11-10-16(14-19(18)24-2)17-9-6-12-21(17)20(22)13-15-7-4-3-5-8-15/h3-5,7-8,10-11,14,17H,6,9,12-13H2,1-2H3. The number of benzene rings is 2. The lowest BCUT2D eigenvalue weighted by Gasteiger charge is -2.26. The molecule has 0 saturated carbocycles. The Kier molecular flexibility index (Phi) is 5.04. The van der Waals surface area contributed by atoms with Crippen LogP contribution in [0.3, 0.4) is 0 Å². The molecule has 3 rings (SSSR count). The molecule has 0 radical (unpaired) electrons. The van der Waals surface area contributed by atoms with Crippen molar-refractivity contribution in [2.24, 2.45) is 0 Å². The van der Waals surface area contributed by atoms with Crippen molar-refractivity contribution < 1.29 is 14.3 Å². The maximum Gasteiger partial charge on any atom is 0.227 e. The normalized spacial score (nSPS) is 16.9. The lowest BCUT2D eigenvalue weighted by atomic mass is 10.0. The van der Waals surface area contributed by atoms with Gasteiger partial charge in [0.1, 0.15) is 0 Å². The second-order valence-corrected chi connectivity index (χ2v) is 6.02. The number of methoxy groups -OCH3 is 2. The van der Waals surface area contributed by atoms with Gasteiger partial charge in [-0.15, -0.1) is 0 Å². The number of ether oxygens (including phenoxy) is 2. The number of rotatable bonds is 5. The molecule has 1 amide bonds. The fourth-order valence-corrected chi connectivity index (χ4v) is 3.34. The summed E-state index contributed by atoms with van der Waals surface area (Å²) < 4.78 is 10.7. The fourth-order valence-electron chi connectivity index (χ4n) is 3.34. The van der Waals surface area contributed by atoms with Gasteiger partial charge in [0.05, 0.1) is 26.7 Å². The average molecular weight is 325 g/mol. The van der Waals surface area contributed by atoms with Gasteiger partial charge < -0.3 is 14.4 Å². The zero-order valence-electron chi connectivity index (χ0n) is 14.2. The van der Waals surface area contributed by atoms with Gasteiger partial charge in [-0.05, 0) is 36.1 Å². The van der Waals surface area contributed by atoms with Crippen LogP contribution in [0.1, 0.15) is 30.0 Å². The number of carbonyl (C=O) groups is 1. The molecule has 0 bridgehead atoms. The Morgan fingerprint density at radius 1 is 1.08 bits per heavy atom. The first kappa shape index (κ1) is 16.4. The molecule has 0 N–H and O–H groups in total. The predicted molar refractivity (Wildman–Crippen MR) is 93.4 cm³/mol. The Hall–Kier alpha value is -2.49. The van der Waals surface area contributed by atoms with E-state index in [-0.39, 0.29) is 11.9 Å². The van der Waals surface area contributed by atoms with Crippen LogP contribution in [0, 0.1) is 0 Å². The van der Waals surface area contributed by atoms with Crippen molar-refractivity contribution in [2.75, 3.05) is 20.8 Å². The molecule has 126 valence electrons. The molecule has 1 heterocycles. The first-order valence-corrected chi connectivity index (χ1v) is 8.28. The van der Waals surface area contributed by atoms with Gasteiger partial charge in [-0.25, -0.2) is 0 Å². The van der Waals surface area contributed by atoms with Crippen LogP contribution in [0.2, 0.25) is 0 Å². The van der Waals surface area contributed by atoms with Gasteiger partial charge in [0.2, 0.25) is 5.91 Å². The zero-order valence-corrected chi connectivity index (χ0v) is 14.2. The van der Waals surface area contributed by atoms with Gasteiger partial charge in [0, 0.05) is 6.54 Å². The zero-order chi connectivity index (χ0) is 16.9. The molecule has 1 unspecified atom stereocenters. The maximum atomic E-state index is 12.7. The van der Waals surface area contributed by atoms with E-state index >= 15 is 0 Å². The van der Waals surface area contributed by atoms with Crippen LogP contribution in [-0.4, -0.2) is 31.6 Å². The topological polar surface area (TPSA) is 38.8 Å². The van der Waals surface area contributed by atoms with Crippen LogP contribution in [0.15, 0.2) is 48.5 Å². The molecule has 24 heavy (non-hydrogen) atoms. The van der Waals surface area contributed by atoms with Gasteiger partial charge in [-0.1, -0.05) is 36.4 Å². The quantitative estimate of drug-likeness (QED) is 0.843. The summed E-state index contributed by atoms with van der Waals surface area (Å²) in [6, 6.07) is 15.9. The van der Waals surface area contributed by atoms with Gasteiger partial charge >= 0.3 is 0 Å². The van der Waals surface area contributed by atoms with E-state index in [9.17, 15) is 4.79 Å². The van der Waals surface area contributed by atoms with Crippen LogP contribution >= 0.6 is 0 Å². The summed E-state index contributed by atoms with van der Waals surface area (Å²) in [5, 5.41) is 0. The Labute approximate surface area is 143 Å². The SMILES string of the molecule is COc1ccc(C2CCCN2C(=O)Cc2ccccc2)cc1OC. The number of nitrogens with zero attached hydrogens (tertiary/aromatic N) is 1. The highest BCUT2D eigenvalue weighted by Gasteiger charge is 2.30.